The lowest BCUT2D eigenvalue weighted by Gasteiger charge is -2.12. The van der Waals surface area contributed by atoms with Crippen LogP contribution in [0.15, 0.2) is 65.7 Å². The Morgan fingerprint density at radius 1 is 1.10 bits per heavy atom. The second kappa shape index (κ2) is 7.95. The molecule has 4 aromatic rings. The molecular formula is C25H24N4O2. The van der Waals surface area contributed by atoms with Crippen molar-refractivity contribution in [3.8, 4) is 17.0 Å². The minimum atomic E-state index is -0.0227. The first-order valence-electron chi connectivity index (χ1n) is 10.7. The quantitative estimate of drug-likeness (QED) is 0.470. The van der Waals surface area contributed by atoms with Crippen LogP contribution < -0.4 is 10.3 Å². The van der Waals surface area contributed by atoms with Crippen molar-refractivity contribution < 1.29 is 4.74 Å². The largest absolute Gasteiger partial charge is 0.477 e. The number of rotatable bonds is 6. The average molecular weight is 412 g/mol. The van der Waals surface area contributed by atoms with E-state index in [-0.39, 0.29) is 5.56 Å². The molecule has 6 nitrogen and oxygen atoms in total. The molecule has 2 unspecified atom stereocenters. The van der Waals surface area contributed by atoms with Gasteiger partial charge in [0.15, 0.2) is 0 Å². The van der Waals surface area contributed by atoms with Crippen LogP contribution in [0.5, 0.6) is 5.88 Å². The van der Waals surface area contributed by atoms with Crippen molar-refractivity contribution in [1.29, 1.82) is 0 Å². The van der Waals surface area contributed by atoms with Crippen LogP contribution in [0.1, 0.15) is 30.8 Å². The normalized spacial score (nSPS) is 17.6. The number of hydrogen-bond acceptors (Lipinski definition) is 5. The molecule has 5 rings (SSSR count). The van der Waals surface area contributed by atoms with Crippen molar-refractivity contribution >= 4 is 10.9 Å². The van der Waals surface area contributed by atoms with Crippen LogP contribution in [0, 0.1) is 12.8 Å². The van der Waals surface area contributed by atoms with E-state index >= 15 is 0 Å². The van der Waals surface area contributed by atoms with E-state index in [4.69, 9.17) is 9.72 Å². The summed E-state index contributed by atoms with van der Waals surface area (Å²) in [7, 11) is 0. The first-order chi connectivity index (χ1) is 15.1. The molecule has 2 atom stereocenters. The molecule has 0 bridgehead atoms. The summed E-state index contributed by atoms with van der Waals surface area (Å²) in [6.45, 7) is 4.99. The minimum absolute atomic E-state index is 0.0227. The molecule has 156 valence electrons. The summed E-state index contributed by atoms with van der Waals surface area (Å²) in [5.41, 5.74) is 3.81. The molecule has 1 aliphatic carbocycles. The standard InChI is InChI=1S/C25H24N4O2/c1-3-29-14-18(9-11-24(29)30)21-13-26-16(2)27-25(21)31-15-19-12-20(19)23-10-8-17-6-4-5-7-22(17)28-23/h4-11,13-14,19-20H,3,12,15H2,1-2H3. The first kappa shape index (κ1) is 19.4. The van der Waals surface area contributed by atoms with Gasteiger partial charge in [-0.2, -0.15) is 4.98 Å². The second-order valence-electron chi connectivity index (χ2n) is 8.02. The number of para-hydroxylation sites is 1. The molecule has 0 saturated heterocycles. The zero-order chi connectivity index (χ0) is 21.4. The van der Waals surface area contributed by atoms with E-state index in [9.17, 15) is 4.79 Å². The van der Waals surface area contributed by atoms with Gasteiger partial charge in [0.25, 0.3) is 5.56 Å². The molecule has 0 amide bonds. The summed E-state index contributed by atoms with van der Waals surface area (Å²) >= 11 is 0. The van der Waals surface area contributed by atoms with E-state index in [0.717, 1.165) is 34.1 Å². The van der Waals surface area contributed by atoms with Crippen molar-refractivity contribution in [1.82, 2.24) is 19.5 Å². The van der Waals surface area contributed by atoms with Crippen LogP contribution in [-0.4, -0.2) is 26.1 Å². The van der Waals surface area contributed by atoms with Gasteiger partial charge in [-0.3, -0.25) is 9.78 Å². The zero-order valence-electron chi connectivity index (χ0n) is 17.7. The lowest BCUT2D eigenvalue weighted by Crippen LogP contribution is -2.17. The highest BCUT2D eigenvalue weighted by molar-refractivity contribution is 5.78. The van der Waals surface area contributed by atoms with E-state index in [1.807, 2.05) is 32.2 Å². The molecule has 0 N–H and O–H groups in total. The van der Waals surface area contributed by atoms with Crippen LogP contribution in [0.25, 0.3) is 22.0 Å². The van der Waals surface area contributed by atoms with Gasteiger partial charge in [-0.1, -0.05) is 24.3 Å². The Bertz CT molecular complexity index is 1310. The number of pyridine rings is 2. The van der Waals surface area contributed by atoms with Gasteiger partial charge in [-0.15, -0.1) is 0 Å². The van der Waals surface area contributed by atoms with E-state index in [2.05, 4.69) is 34.2 Å². The highest BCUT2D eigenvalue weighted by Crippen LogP contribution is 2.47. The van der Waals surface area contributed by atoms with Crippen LogP contribution in [0.2, 0.25) is 0 Å². The first-order valence-corrected chi connectivity index (χ1v) is 10.7. The van der Waals surface area contributed by atoms with Crippen LogP contribution in [0.3, 0.4) is 0 Å². The molecule has 1 saturated carbocycles. The number of fused-ring (bicyclic) bond motifs is 1. The van der Waals surface area contributed by atoms with Gasteiger partial charge in [0.1, 0.15) is 5.82 Å². The molecule has 0 spiro atoms. The third-order valence-electron chi connectivity index (χ3n) is 5.87. The maximum absolute atomic E-state index is 11.9. The van der Waals surface area contributed by atoms with Gasteiger partial charge in [0.05, 0.1) is 17.7 Å². The Labute approximate surface area is 180 Å². The maximum Gasteiger partial charge on any atom is 0.250 e. The Morgan fingerprint density at radius 2 is 1.97 bits per heavy atom. The summed E-state index contributed by atoms with van der Waals surface area (Å²) in [6.07, 6.45) is 4.67. The van der Waals surface area contributed by atoms with E-state index in [1.54, 1.807) is 22.9 Å². The van der Waals surface area contributed by atoms with Gasteiger partial charge >= 0.3 is 0 Å². The molecule has 1 aromatic carbocycles. The lowest BCUT2D eigenvalue weighted by molar-refractivity contribution is 0.285. The third-order valence-corrected chi connectivity index (χ3v) is 5.87. The zero-order valence-corrected chi connectivity index (χ0v) is 17.7. The highest BCUT2D eigenvalue weighted by atomic mass is 16.5. The number of benzene rings is 1. The number of hydrogen-bond donors (Lipinski definition) is 0. The molecule has 1 aliphatic rings. The topological polar surface area (TPSA) is 69.9 Å². The monoisotopic (exact) mass is 412 g/mol. The molecule has 6 heteroatoms. The van der Waals surface area contributed by atoms with Gasteiger partial charge in [-0.05, 0) is 38.5 Å². The molecule has 0 aliphatic heterocycles. The molecule has 3 aromatic heterocycles. The fourth-order valence-corrected chi connectivity index (χ4v) is 3.96. The van der Waals surface area contributed by atoms with Crippen LogP contribution >= 0.6 is 0 Å². The number of aromatic nitrogens is 4. The van der Waals surface area contributed by atoms with Gasteiger partial charge in [-0.25, -0.2) is 4.98 Å². The Hall–Kier alpha value is -3.54. The van der Waals surface area contributed by atoms with Crippen molar-refractivity contribution in [3.05, 3.63) is 82.8 Å². The van der Waals surface area contributed by atoms with Crippen molar-refractivity contribution in [2.24, 2.45) is 5.92 Å². The van der Waals surface area contributed by atoms with Crippen molar-refractivity contribution in [3.63, 3.8) is 0 Å². The summed E-state index contributed by atoms with van der Waals surface area (Å²) in [6, 6.07) is 15.8. The summed E-state index contributed by atoms with van der Waals surface area (Å²) in [4.78, 5) is 25.6. The van der Waals surface area contributed by atoms with Crippen LogP contribution in [0.4, 0.5) is 0 Å². The number of aryl methyl sites for hydroxylation is 2. The van der Waals surface area contributed by atoms with Crippen molar-refractivity contribution in [2.75, 3.05) is 6.61 Å². The summed E-state index contributed by atoms with van der Waals surface area (Å²) in [5, 5.41) is 1.16. The molecule has 31 heavy (non-hydrogen) atoms. The van der Waals surface area contributed by atoms with Gasteiger partial charge < -0.3 is 9.30 Å². The molecule has 3 heterocycles. The third kappa shape index (κ3) is 3.93. The summed E-state index contributed by atoms with van der Waals surface area (Å²) in [5.74, 6) is 2.05. The minimum Gasteiger partial charge on any atom is -0.477 e. The molecular weight excluding hydrogens is 388 g/mol. The predicted octanol–water partition coefficient (Wildman–Crippen LogP) is 4.36. The fraction of sp³-hybridized carbons (Fsp3) is 0.280. The lowest BCUT2D eigenvalue weighted by atomic mass is 10.1. The molecule has 0 radical (unpaired) electrons. The van der Waals surface area contributed by atoms with Crippen LogP contribution in [-0.2, 0) is 6.54 Å². The molecule has 1 fully saturated rings. The fourth-order valence-electron chi connectivity index (χ4n) is 3.96. The Balaban J connectivity index is 1.34. The second-order valence-corrected chi connectivity index (χ2v) is 8.02. The maximum atomic E-state index is 11.9. The number of ether oxygens (including phenoxy) is 1. The average Bonchev–Trinajstić information content (AvgIpc) is 3.58. The summed E-state index contributed by atoms with van der Waals surface area (Å²) < 4.78 is 7.84. The van der Waals surface area contributed by atoms with Gasteiger partial charge in [0.2, 0.25) is 5.88 Å². The van der Waals surface area contributed by atoms with E-state index in [1.165, 1.54) is 0 Å². The Morgan fingerprint density at radius 3 is 2.84 bits per heavy atom. The highest BCUT2D eigenvalue weighted by Gasteiger charge is 2.40. The van der Waals surface area contributed by atoms with E-state index in [0.29, 0.717) is 36.7 Å². The smallest absolute Gasteiger partial charge is 0.250 e. The van der Waals surface area contributed by atoms with Crippen molar-refractivity contribution in [2.45, 2.75) is 32.7 Å². The number of nitrogens with zero attached hydrogens (tertiary/aromatic N) is 4. The Kier molecular flexibility index (Phi) is 4.98. The predicted molar refractivity (Wildman–Crippen MR) is 120 cm³/mol. The van der Waals surface area contributed by atoms with E-state index < -0.39 is 0 Å². The SMILES string of the molecule is CCn1cc(-c2cnc(C)nc2OCC2CC2c2ccc3ccccc3n2)ccc1=O. The van der Waals surface area contributed by atoms with Gasteiger partial charge in [0, 0.05) is 53.5 Å².